The molecular formula is C14H22ClNO2. The van der Waals surface area contributed by atoms with Crippen molar-refractivity contribution in [3.63, 3.8) is 0 Å². The lowest BCUT2D eigenvalue weighted by Gasteiger charge is -2.17. The number of nitrogens with two attached hydrogens (primary N) is 1. The molecule has 0 spiro atoms. The summed E-state index contributed by atoms with van der Waals surface area (Å²) >= 11 is 6.09. The zero-order valence-corrected chi connectivity index (χ0v) is 12.1. The monoisotopic (exact) mass is 271 g/mol. The third-order valence-corrected chi connectivity index (χ3v) is 2.99. The Morgan fingerprint density at radius 2 is 2.06 bits per heavy atom. The van der Waals surface area contributed by atoms with Crippen LogP contribution in [0.2, 0.25) is 5.02 Å². The zero-order chi connectivity index (χ0) is 13.5. The normalized spacial score (nSPS) is 12.3. The van der Waals surface area contributed by atoms with Crippen LogP contribution in [0.4, 0.5) is 0 Å². The second-order valence-corrected chi connectivity index (χ2v) is 4.75. The third kappa shape index (κ3) is 4.07. The molecule has 102 valence electrons. The van der Waals surface area contributed by atoms with E-state index in [2.05, 4.69) is 13.8 Å². The Morgan fingerprint density at radius 1 is 1.33 bits per heavy atom. The first-order valence-corrected chi connectivity index (χ1v) is 6.74. The number of benzene rings is 1. The predicted octanol–water partition coefficient (Wildman–Crippen LogP) is 3.42. The summed E-state index contributed by atoms with van der Waals surface area (Å²) in [5.74, 6) is 1.45. The highest BCUT2D eigenvalue weighted by Crippen LogP contribution is 2.35. The maximum absolute atomic E-state index is 6.09. The van der Waals surface area contributed by atoms with Gasteiger partial charge in [-0.3, -0.25) is 0 Å². The molecule has 0 heterocycles. The molecule has 0 saturated heterocycles. The van der Waals surface area contributed by atoms with Crippen molar-refractivity contribution in [1.29, 1.82) is 0 Å². The maximum atomic E-state index is 6.09. The molecule has 1 aromatic rings. The summed E-state index contributed by atoms with van der Waals surface area (Å²) in [6.07, 6.45) is 2.61. The number of hydrogen-bond donors (Lipinski definition) is 1. The lowest BCUT2D eigenvalue weighted by molar-refractivity contribution is 0.290. The van der Waals surface area contributed by atoms with Gasteiger partial charge in [-0.05, 0) is 25.3 Å². The summed E-state index contributed by atoms with van der Waals surface area (Å²) in [6, 6.07) is 3.79. The van der Waals surface area contributed by atoms with E-state index in [-0.39, 0.29) is 6.04 Å². The summed E-state index contributed by atoms with van der Waals surface area (Å²) in [4.78, 5) is 0. The van der Waals surface area contributed by atoms with E-state index in [0.717, 1.165) is 30.6 Å². The second-order valence-electron chi connectivity index (χ2n) is 4.32. The summed E-state index contributed by atoms with van der Waals surface area (Å²) in [5, 5.41) is 0.647. The van der Waals surface area contributed by atoms with Crippen molar-refractivity contribution in [2.75, 3.05) is 13.7 Å². The molecular weight excluding hydrogens is 250 g/mol. The third-order valence-electron chi connectivity index (χ3n) is 2.77. The molecule has 0 aliphatic rings. The summed E-state index contributed by atoms with van der Waals surface area (Å²) in [7, 11) is 1.62. The van der Waals surface area contributed by atoms with Gasteiger partial charge in [0.05, 0.1) is 13.7 Å². The standard InChI is InChI=1S/C14H22ClNO2/c1-4-6-18-14-10(8-12(16)5-2)7-11(15)9-13(14)17-3/h7,9,12H,4-6,8,16H2,1-3H3. The highest BCUT2D eigenvalue weighted by Gasteiger charge is 2.14. The summed E-state index contributed by atoms with van der Waals surface area (Å²) < 4.78 is 11.1. The molecule has 1 unspecified atom stereocenters. The number of rotatable bonds is 7. The highest BCUT2D eigenvalue weighted by molar-refractivity contribution is 6.30. The second kappa shape index (κ2) is 7.49. The van der Waals surface area contributed by atoms with Gasteiger partial charge in [0.2, 0.25) is 0 Å². The Balaban J connectivity index is 3.06. The van der Waals surface area contributed by atoms with Crippen molar-refractivity contribution in [3.8, 4) is 11.5 Å². The minimum atomic E-state index is 0.108. The quantitative estimate of drug-likeness (QED) is 0.826. The van der Waals surface area contributed by atoms with Crippen LogP contribution in [-0.2, 0) is 6.42 Å². The first kappa shape index (κ1) is 15.1. The average Bonchev–Trinajstić information content (AvgIpc) is 2.36. The fourth-order valence-corrected chi connectivity index (χ4v) is 1.95. The fourth-order valence-electron chi connectivity index (χ4n) is 1.72. The molecule has 1 rings (SSSR count). The Morgan fingerprint density at radius 3 is 2.61 bits per heavy atom. The van der Waals surface area contributed by atoms with Gasteiger partial charge in [0.1, 0.15) is 0 Å². The molecule has 0 bridgehead atoms. The number of ether oxygens (including phenoxy) is 2. The van der Waals surface area contributed by atoms with Crippen molar-refractivity contribution < 1.29 is 9.47 Å². The van der Waals surface area contributed by atoms with Gasteiger partial charge in [-0.25, -0.2) is 0 Å². The van der Waals surface area contributed by atoms with Gasteiger partial charge >= 0.3 is 0 Å². The largest absolute Gasteiger partial charge is 0.493 e. The molecule has 4 heteroatoms. The average molecular weight is 272 g/mol. The molecule has 2 N–H and O–H groups in total. The van der Waals surface area contributed by atoms with Crippen LogP contribution in [0.25, 0.3) is 0 Å². The SMILES string of the molecule is CCCOc1c(CC(N)CC)cc(Cl)cc1OC. The van der Waals surface area contributed by atoms with Crippen LogP contribution in [0.5, 0.6) is 11.5 Å². The Kier molecular flexibility index (Phi) is 6.30. The Hall–Kier alpha value is -0.930. The van der Waals surface area contributed by atoms with Crippen LogP contribution in [0, 0.1) is 0 Å². The van der Waals surface area contributed by atoms with E-state index in [4.69, 9.17) is 26.8 Å². The van der Waals surface area contributed by atoms with Crippen LogP contribution in [0.3, 0.4) is 0 Å². The molecule has 18 heavy (non-hydrogen) atoms. The van der Waals surface area contributed by atoms with E-state index in [1.165, 1.54) is 0 Å². The topological polar surface area (TPSA) is 44.5 Å². The number of methoxy groups -OCH3 is 1. The maximum Gasteiger partial charge on any atom is 0.164 e. The molecule has 0 aliphatic heterocycles. The lowest BCUT2D eigenvalue weighted by atomic mass is 10.0. The van der Waals surface area contributed by atoms with E-state index in [1.54, 1.807) is 13.2 Å². The van der Waals surface area contributed by atoms with Crippen LogP contribution >= 0.6 is 11.6 Å². The van der Waals surface area contributed by atoms with E-state index in [9.17, 15) is 0 Å². The van der Waals surface area contributed by atoms with Crippen molar-refractivity contribution >= 4 is 11.6 Å². The van der Waals surface area contributed by atoms with Gasteiger partial charge in [-0.15, -0.1) is 0 Å². The van der Waals surface area contributed by atoms with Crippen LogP contribution in [0.1, 0.15) is 32.3 Å². The summed E-state index contributed by atoms with van der Waals surface area (Å²) in [6.45, 7) is 4.80. The van der Waals surface area contributed by atoms with E-state index >= 15 is 0 Å². The van der Waals surface area contributed by atoms with Crippen LogP contribution < -0.4 is 15.2 Å². The van der Waals surface area contributed by atoms with Crippen molar-refractivity contribution in [2.24, 2.45) is 5.73 Å². The Bertz CT molecular complexity index is 382. The van der Waals surface area contributed by atoms with Gasteiger partial charge < -0.3 is 15.2 Å². The van der Waals surface area contributed by atoms with Crippen LogP contribution in [0.15, 0.2) is 12.1 Å². The lowest BCUT2D eigenvalue weighted by Crippen LogP contribution is -2.22. The molecule has 0 saturated carbocycles. The van der Waals surface area contributed by atoms with Crippen molar-refractivity contribution in [3.05, 3.63) is 22.7 Å². The van der Waals surface area contributed by atoms with E-state index in [1.807, 2.05) is 6.07 Å². The van der Waals surface area contributed by atoms with Gasteiger partial charge in [0.15, 0.2) is 11.5 Å². The predicted molar refractivity (Wildman–Crippen MR) is 75.8 cm³/mol. The summed E-state index contributed by atoms with van der Waals surface area (Å²) in [5.41, 5.74) is 7.02. The smallest absolute Gasteiger partial charge is 0.164 e. The molecule has 0 radical (unpaired) electrons. The van der Waals surface area contributed by atoms with Gasteiger partial charge in [-0.1, -0.05) is 25.4 Å². The molecule has 0 amide bonds. The van der Waals surface area contributed by atoms with E-state index < -0.39 is 0 Å². The first-order valence-electron chi connectivity index (χ1n) is 6.37. The number of hydrogen-bond acceptors (Lipinski definition) is 3. The molecule has 1 atom stereocenters. The van der Waals surface area contributed by atoms with Gasteiger partial charge in [0.25, 0.3) is 0 Å². The first-order chi connectivity index (χ1) is 8.62. The fraction of sp³-hybridized carbons (Fsp3) is 0.571. The molecule has 3 nitrogen and oxygen atoms in total. The van der Waals surface area contributed by atoms with Gasteiger partial charge in [-0.2, -0.15) is 0 Å². The van der Waals surface area contributed by atoms with Gasteiger partial charge in [0, 0.05) is 22.7 Å². The molecule has 1 aromatic carbocycles. The highest BCUT2D eigenvalue weighted by atomic mass is 35.5. The number of halogens is 1. The molecule has 0 aliphatic carbocycles. The Labute approximate surface area is 114 Å². The zero-order valence-electron chi connectivity index (χ0n) is 11.3. The van der Waals surface area contributed by atoms with Crippen molar-refractivity contribution in [2.45, 2.75) is 39.2 Å². The minimum Gasteiger partial charge on any atom is -0.493 e. The van der Waals surface area contributed by atoms with E-state index in [0.29, 0.717) is 17.4 Å². The molecule has 0 fully saturated rings. The molecule has 0 aromatic heterocycles. The minimum absolute atomic E-state index is 0.108. The van der Waals surface area contributed by atoms with Crippen LogP contribution in [-0.4, -0.2) is 19.8 Å². The van der Waals surface area contributed by atoms with Crippen molar-refractivity contribution in [1.82, 2.24) is 0 Å².